The lowest BCUT2D eigenvalue weighted by Crippen LogP contribution is -2.44. The van der Waals surface area contributed by atoms with Crippen molar-refractivity contribution >= 4 is 0 Å². The molecule has 0 aliphatic carbocycles. The van der Waals surface area contributed by atoms with Crippen LogP contribution in [0.4, 0.5) is 0 Å². The van der Waals surface area contributed by atoms with Gasteiger partial charge in [0.15, 0.2) is 0 Å². The third-order valence-electron chi connectivity index (χ3n) is 3.69. The third-order valence-corrected chi connectivity index (χ3v) is 3.69. The van der Waals surface area contributed by atoms with Crippen LogP contribution in [0.1, 0.15) is 44.7 Å². The van der Waals surface area contributed by atoms with Crippen LogP contribution in [0.25, 0.3) is 0 Å². The predicted octanol–water partition coefficient (Wildman–Crippen LogP) is 2.73. The molecular weight excluding hydrogens is 224 g/mol. The van der Waals surface area contributed by atoms with Gasteiger partial charge in [0, 0.05) is 30.5 Å². The van der Waals surface area contributed by atoms with Gasteiger partial charge >= 0.3 is 0 Å². The summed E-state index contributed by atoms with van der Waals surface area (Å²) in [4.78, 5) is 4.48. The zero-order valence-corrected chi connectivity index (χ0v) is 11.4. The summed E-state index contributed by atoms with van der Waals surface area (Å²) >= 11 is 0. The highest BCUT2D eigenvalue weighted by Crippen LogP contribution is 2.26. The monoisotopic (exact) mass is 248 g/mol. The molecule has 0 bridgehead atoms. The van der Waals surface area contributed by atoms with Gasteiger partial charge < -0.3 is 10.1 Å². The quantitative estimate of drug-likeness (QED) is 0.840. The van der Waals surface area contributed by atoms with Crippen LogP contribution >= 0.6 is 0 Å². The average Bonchev–Trinajstić information content (AvgIpc) is 2.94. The lowest BCUT2D eigenvalue weighted by atomic mass is 9.91. The van der Waals surface area contributed by atoms with Gasteiger partial charge in [-0.05, 0) is 37.9 Å². The molecule has 0 spiro atoms. The minimum absolute atomic E-state index is 0.341. The molecule has 0 radical (unpaired) electrons. The van der Waals surface area contributed by atoms with Gasteiger partial charge in [-0.2, -0.15) is 0 Å². The average molecular weight is 248 g/mol. The number of aromatic nitrogens is 1. The topological polar surface area (TPSA) is 34.1 Å². The van der Waals surface area contributed by atoms with E-state index in [1.165, 1.54) is 12.8 Å². The minimum atomic E-state index is 0.341. The Balaban J connectivity index is 2.07. The fourth-order valence-corrected chi connectivity index (χ4v) is 2.66. The summed E-state index contributed by atoms with van der Waals surface area (Å²) in [6.07, 6.45) is 5.72. The van der Waals surface area contributed by atoms with Crippen LogP contribution in [0.2, 0.25) is 0 Å². The van der Waals surface area contributed by atoms with Gasteiger partial charge in [0.25, 0.3) is 0 Å². The standard InChI is InChI=1S/C15H24N2O/c1-3-9-17-15(14-8-6-11-18-14)12(2)13-7-4-5-10-16-13/h4-5,7,10,12,14-15,17H,3,6,8-9,11H2,1-2H3. The Bertz CT molecular complexity index is 336. The summed E-state index contributed by atoms with van der Waals surface area (Å²) in [5.41, 5.74) is 1.15. The molecule has 3 atom stereocenters. The normalized spacial score (nSPS) is 22.9. The first-order valence-electron chi connectivity index (χ1n) is 7.09. The number of ether oxygens (including phenoxy) is 1. The van der Waals surface area contributed by atoms with Crippen molar-refractivity contribution in [2.75, 3.05) is 13.2 Å². The molecule has 0 saturated carbocycles. The van der Waals surface area contributed by atoms with Crippen LogP contribution in [0.3, 0.4) is 0 Å². The van der Waals surface area contributed by atoms with E-state index in [0.29, 0.717) is 18.1 Å². The predicted molar refractivity (Wildman–Crippen MR) is 73.7 cm³/mol. The zero-order valence-electron chi connectivity index (χ0n) is 11.4. The molecule has 1 aliphatic rings. The van der Waals surface area contributed by atoms with Crippen molar-refractivity contribution in [2.45, 2.75) is 51.2 Å². The van der Waals surface area contributed by atoms with Gasteiger partial charge in [-0.1, -0.05) is 19.9 Å². The summed E-state index contributed by atoms with van der Waals surface area (Å²) in [5.74, 6) is 0.390. The molecule has 1 saturated heterocycles. The third kappa shape index (κ3) is 3.30. The maximum absolute atomic E-state index is 5.86. The highest BCUT2D eigenvalue weighted by atomic mass is 16.5. The van der Waals surface area contributed by atoms with Gasteiger partial charge in [-0.15, -0.1) is 0 Å². The molecule has 2 heterocycles. The highest BCUT2D eigenvalue weighted by molar-refractivity contribution is 5.12. The summed E-state index contributed by atoms with van der Waals surface area (Å²) in [6.45, 7) is 6.40. The van der Waals surface area contributed by atoms with Gasteiger partial charge in [-0.3, -0.25) is 4.98 Å². The molecule has 18 heavy (non-hydrogen) atoms. The molecule has 3 nitrogen and oxygen atoms in total. The van der Waals surface area contributed by atoms with Crippen LogP contribution in [-0.2, 0) is 4.74 Å². The molecule has 1 aliphatic heterocycles. The van der Waals surface area contributed by atoms with Gasteiger partial charge in [-0.25, -0.2) is 0 Å². The number of nitrogens with one attached hydrogen (secondary N) is 1. The number of nitrogens with zero attached hydrogens (tertiary/aromatic N) is 1. The Morgan fingerprint density at radius 3 is 3.00 bits per heavy atom. The van der Waals surface area contributed by atoms with Crippen molar-refractivity contribution in [3.63, 3.8) is 0 Å². The minimum Gasteiger partial charge on any atom is -0.377 e. The smallest absolute Gasteiger partial charge is 0.0735 e. The fraction of sp³-hybridized carbons (Fsp3) is 0.667. The second kappa shape index (κ2) is 6.86. The van der Waals surface area contributed by atoms with E-state index in [1.54, 1.807) is 0 Å². The number of hydrogen-bond acceptors (Lipinski definition) is 3. The molecule has 0 aromatic carbocycles. The Hall–Kier alpha value is -0.930. The first-order chi connectivity index (χ1) is 8.83. The molecule has 1 N–H and O–H groups in total. The number of pyridine rings is 1. The van der Waals surface area contributed by atoms with Crippen LogP contribution in [0, 0.1) is 0 Å². The van der Waals surface area contributed by atoms with E-state index in [9.17, 15) is 0 Å². The molecular formula is C15H24N2O. The molecule has 0 amide bonds. The van der Waals surface area contributed by atoms with E-state index in [0.717, 1.165) is 25.3 Å². The van der Waals surface area contributed by atoms with Gasteiger partial charge in [0.2, 0.25) is 0 Å². The maximum atomic E-state index is 5.86. The first kappa shape index (κ1) is 13.5. The summed E-state index contributed by atoms with van der Waals surface area (Å²) < 4.78 is 5.86. The van der Waals surface area contributed by atoms with Crippen LogP contribution in [-0.4, -0.2) is 30.3 Å². The van der Waals surface area contributed by atoms with Crippen LogP contribution in [0.15, 0.2) is 24.4 Å². The summed E-state index contributed by atoms with van der Waals surface area (Å²) in [7, 11) is 0. The van der Waals surface area contributed by atoms with E-state index in [2.05, 4.69) is 36.3 Å². The van der Waals surface area contributed by atoms with Crippen LogP contribution < -0.4 is 5.32 Å². The van der Waals surface area contributed by atoms with E-state index in [1.807, 2.05) is 12.3 Å². The van der Waals surface area contributed by atoms with Crippen molar-refractivity contribution in [3.05, 3.63) is 30.1 Å². The van der Waals surface area contributed by atoms with E-state index < -0.39 is 0 Å². The molecule has 3 heteroatoms. The lowest BCUT2D eigenvalue weighted by Gasteiger charge is -2.29. The Labute approximate surface area is 110 Å². The van der Waals surface area contributed by atoms with Crippen molar-refractivity contribution in [3.8, 4) is 0 Å². The number of hydrogen-bond donors (Lipinski definition) is 1. The largest absolute Gasteiger partial charge is 0.377 e. The zero-order chi connectivity index (χ0) is 12.8. The summed E-state index contributed by atoms with van der Waals surface area (Å²) in [5, 5.41) is 3.64. The van der Waals surface area contributed by atoms with E-state index in [-0.39, 0.29) is 0 Å². The van der Waals surface area contributed by atoms with E-state index in [4.69, 9.17) is 4.74 Å². The Morgan fingerprint density at radius 2 is 2.39 bits per heavy atom. The SMILES string of the molecule is CCCNC(C1CCCO1)C(C)c1ccccn1. The van der Waals surface area contributed by atoms with Crippen molar-refractivity contribution in [2.24, 2.45) is 0 Å². The fourth-order valence-electron chi connectivity index (χ4n) is 2.66. The second-order valence-electron chi connectivity index (χ2n) is 5.07. The van der Waals surface area contributed by atoms with Crippen molar-refractivity contribution in [1.82, 2.24) is 10.3 Å². The second-order valence-corrected chi connectivity index (χ2v) is 5.07. The Kier molecular flexibility index (Phi) is 5.14. The molecule has 1 aromatic heterocycles. The van der Waals surface area contributed by atoms with Crippen molar-refractivity contribution in [1.29, 1.82) is 0 Å². The van der Waals surface area contributed by atoms with Crippen molar-refractivity contribution < 1.29 is 4.74 Å². The van der Waals surface area contributed by atoms with Gasteiger partial charge in [0.05, 0.1) is 6.10 Å². The highest BCUT2D eigenvalue weighted by Gasteiger charge is 2.30. The maximum Gasteiger partial charge on any atom is 0.0735 e. The summed E-state index contributed by atoms with van der Waals surface area (Å²) in [6, 6.07) is 6.52. The molecule has 2 rings (SSSR count). The first-order valence-corrected chi connectivity index (χ1v) is 7.09. The number of rotatable bonds is 6. The molecule has 1 fully saturated rings. The molecule has 1 aromatic rings. The molecule has 3 unspecified atom stereocenters. The molecule has 100 valence electrons. The Morgan fingerprint density at radius 1 is 1.50 bits per heavy atom. The van der Waals surface area contributed by atoms with Gasteiger partial charge in [0.1, 0.15) is 0 Å². The van der Waals surface area contributed by atoms with Crippen LogP contribution in [0.5, 0.6) is 0 Å². The van der Waals surface area contributed by atoms with E-state index >= 15 is 0 Å². The lowest BCUT2D eigenvalue weighted by molar-refractivity contribution is 0.0706.